The first kappa shape index (κ1) is 16.3. The molecule has 0 unspecified atom stereocenters. The molecule has 0 bridgehead atoms. The maximum absolute atomic E-state index is 12.6. The number of phenols is 3. The van der Waals surface area contributed by atoms with E-state index in [-0.39, 0.29) is 28.6 Å². The summed E-state index contributed by atoms with van der Waals surface area (Å²) in [4.78, 5) is 12.6. The number of hydrogen-bond acceptors (Lipinski definition) is 4. The van der Waals surface area contributed by atoms with Crippen molar-refractivity contribution < 1.29 is 20.1 Å². The van der Waals surface area contributed by atoms with Crippen molar-refractivity contribution in [2.75, 3.05) is 0 Å². The molecule has 0 amide bonds. The van der Waals surface area contributed by atoms with E-state index < -0.39 is 0 Å². The van der Waals surface area contributed by atoms with Gasteiger partial charge in [-0.1, -0.05) is 0 Å². The highest BCUT2D eigenvalue weighted by molar-refractivity contribution is 9.13. The van der Waals surface area contributed by atoms with Crippen molar-refractivity contribution in [1.29, 1.82) is 0 Å². The van der Waals surface area contributed by atoms with Crippen molar-refractivity contribution in [3.63, 3.8) is 0 Å². The topological polar surface area (TPSA) is 77.8 Å². The van der Waals surface area contributed by atoms with Gasteiger partial charge in [0.1, 0.15) is 5.75 Å². The summed E-state index contributed by atoms with van der Waals surface area (Å²) in [6, 6.07) is 3.98. The Labute approximate surface area is 145 Å². The SMILES string of the molecule is Cc1cc(C(=O)c2cc(O)c(O)cc2Br)c(Br)c(Br)c1O. The Morgan fingerprint density at radius 1 is 0.905 bits per heavy atom. The van der Waals surface area contributed by atoms with Crippen LogP contribution in [0.15, 0.2) is 31.6 Å². The van der Waals surface area contributed by atoms with Gasteiger partial charge in [0.2, 0.25) is 0 Å². The van der Waals surface area contributed by atoms with Gasteiger partial charge >= 0.3 is 0 Å². The van der Waals surface area contributed by atoms with E-state index in [4.69, 9.17) is 0 Å². The third-order valence-corrected chi connectivity index (χ3v) is 5.71. The minimum atomic E-state index is -0.382. The Bertz CT molecular complexity index is 757. The van der Waals surface area contributed by atoms with Crippen LogP contribution in [0.4, 0.5) is 0 Å². The number of phenolic OH excluding ortho intramolecular Hbond substituents is 3. The van der Waals surface area contributed by atoms with Crippen LogP contribution in [0.5, 0.6) is 17.2 Å². The first-order chi connectivity index (χ1) is 9.73. The van der Waals surface area contributed by atoms with Crippen LogP contribution >= 0.6 is 47.8 Å². The van der Waals surface area contributed by atoms with Gasteiger partial charge in [-0.2, -0.15) is 0 Å². The number of ketones is 1. The lowest BCUT2D eigenvalue weighted by Crippen LogP contribution is -2.04. The number of benzene rings is 2. The van der Waals surface area contributed by atoms with Crippen molar-refractivity contribution in [1.82, 2.24) is 0 Å². The molecule has 2 aromatic carbocycles. The monoisotopic (exact) mass is 478 g/mol. The number of hydrogen-bond donors (Lipinski definition) is 3. The molecule has 3 N–H and O–H groups in total. The molecule has 21 heavy (non-hydrogen) atoms. The number of carbonyl (C=O) groups is 1. The Kier molecular flexibility index (Phi) is 4.65. The first-order valence-corrected chi connectivity index (χ1v) is 8.05. The largest absolute Gasteiger partial charge is 0.506 e. The normalized spacial score (nSPS) is 10.7. The van der Waals surface area contributed by atoms with E-state index >= 15 is 0 Å². The highest BCUT2D eigenvalue weighted by Gasteiger charge is 2.21. The summed E-state index contributed by atoms with van der Waals surface area (Å²) in [6.45, 7) is 1.67. The molecular weight excluding hydrogens is 472 g/mol. The summed E-state index contributed by atoms with van der Waals surface area (Å²) < 4.78 is 1.15. The quantitative estimate of drug-likeness (QED) is 0.432. The summed E-state index contributed by atoms with van der Waals surface area (Å²) in [5, 5.41) is 28.8. The van der Waals surface area contributed by atoms with Gasteiger partial charge in [0, 0.05) is 20.1 Å². The molecule has 0 aromatic heterocycles. The van der Waals surface area contributed by atoms with Gasteiger partial charge in [-0.15, -0.1) is 0 Å². The zero-order valence-corrected chi connectivity index (χ0v) is 15.4. The van der Waals surface area contributed by atoms with Gasteiger partial charge < -0.3 is 15.3 Å². The van der Waals surface area contributed by atoms with Gasteiger partial charge in [-0.05, 0) is 78.5 Å². The van der Waals surface area contributed by atoms with E-state index in [2.05, 4.69) is 47.8 Å². The fourth-order valence-electron chi connectivity index (χ4n) is 1.78. The Hall–Kier alpha value is -1.05. The Balaban J connectivity index is 2.64. The van der Waals surface area contributed by atoms with Gasteiger partial charge in [-0.3, -0.25) is 4.79 Å². The van der Waals surface area contributed by atoms with Crippen molar-refractivity contribution in [3.8, 4) is 17.2 Å². The third-order valence-electron chi connectivity index (χ3n) is 2.92. The average molecular weight is 481 g/mol. The van der Waals surface area contributed by atoms with E-state index in [9.17, 15) is 20.1 Å². The zero-order valence-electron chi connectivity index (χ0n) is 10.6. The maximum atomic E-state index is 12.6. The van der Waals surface area contributed by atoms with Crippen LogP contribution in [0, 0.1) is 6.92 Å². The van der Waals surface area contributed by atoms with Crippen molar-refractivity contribution in [2.24, 2.45) is 0 Å². The van der Waals surface area contributed by atoms with Gasteiger partial charge in [0.15, 0.2) is 17.3 Å². The number of rotatable bonds is 2. The molecule has 0 aliphatic carbocycles. The minimum Gasteiger partial charge on any atom is -0.506 e. The molecule has 7 heteroatoms. The van der Waals surface area contributed by atoms with Gasteiger partial charge in [0.05, 0.1) is 4.47 Å². The first-order valence-electron chi connectivity index (χ1n) is 5.67. The molecule has 0 spiro atoms. The molecule has 110 valence electrons. The second-order valence-corrected chi connectivity index (χ2v) is 6.81. The van der Waals surface area contributed by atoms with Crippen LogP contribution in [0.2, 0.25) is 0 Å². The van der Waals surface area contributed by atoms with Crippen LogP contribution < -0.4 is 0 Å². The molecule has 4 nitrogen and oxygen atoms in total. The van der Waals surface area contributed by atoms with Crippen molar-refractivity contribution in [3.05, 3.63) is 48.3 Å². The average Bonchev–Trinajstić information content (AvgIpc) is 2.43. The van der Waals surface area contributed by atoms with Crippen LogP contribution in [0.25, 0.3) is 0 Å². The molecule has 0 heterocycles. The van der Waals surface area contributed by atoms with E-state index in [1.807, 2.05) is 0 Å². The van der Waals surface area contributed by atoms with Crippen LogP contribution in [0.1, 0.15) is 21.5 Å². The van der Waals surface area contributed by atoms with Crippen molar-refractivity contribution in [2.45, 2.75) is 6.92 Å². The molecule has 0 aliphatic heterocycles. The number of aromatic hydroxyl groups is 3. The highest BCUT2D eigenvalue weighted by Crippen LogP contribution is 2.39. The molecule has 0 saturated heterocycles. The smallest absolute Gasteiger partial charge is 0.195 e. The second kappa shape index (κ2) is 5.98. The summed E-state index contributed by atoms with van der Waals surface area (Å²) >= 11 is 9.67. The Morgan fingerprint density at radius 3 is 2.10 bits per heavy atom. The predicted molar refractivity (Wildman–Crippen MR) is 89.1 cm³/mol. The highest BCUT2D eigenvalue weighted by atomic mass is 79.9. The standard InChI is InChI=1S/C14H9Br3O4/c1-5-2-7(11(16)12(17)13(5)20)14(21)6-3-9(18)10(19)4-8(6)15/h2-4,18-20H,1H3. The van der Waals surface area contributed by atoms with E-state index in [0.717, 1.165) is 0 Å². The van der Waals surface area contributed by atoms with E-state index in [1.54, 1.807) is 13.0 Å². The fourth-order valence-corrected chi connectivity index (χ4v) is 3.30. The second-order valence-electron chi connectivity index (χ2n) is 4.37. The number of carbonyl (C=O) groups excluding carboxylic acids is 1. The molecule has 0 aliphatic rings. The summed E-state index contributed by atoms with van der Waals surface area (Å²) in [7, 11) is 0. The summed E-state index contributed by atoms with van der Waals surface area (Å²) in [6.07, 6.45) is 0. The molecule has 0 fully saturated rings. The van der Waals surface area contributed by atoms with E-state index in [1.165, 1.54) is 12.1 Å². The maximum Gasteiger partial charge on any atom is 0.195 e. The fraction of sp³-hybridized carbons (Fsp3) is 0.0714. The van der Waals surface area contributed by atoms with Gasteiger partial charge in [0.25, 0.3) is 0 Å². The molecular formula is C14H9Br3O4. The molecule has 2 aromatic rings. The molecule has 2 rings (SSSR count). The minimum absolute atomic E-state index is 0.0473. The van der Waals surface area contributed by atoms with Crippen LogP contribution in [-0.4, -0.2) is 21.1 Å². The summed E-state index contributed by atoms with van der Waals surface area (Å²) in [5.74, 6) is -1.02. The lowest BCUT2D eigenvalue weighted by molar-refractivity contribution is 0.103. The van der Waals surface area contributed by atoms with Gasteiger partial charge in [-0.25, -0.2) is 0 Å². The van der Waals surface area contributed by atoms with Crippen molar-refractivity contribution >= 4 is 53.6 Å². The van der Waals surface area contributed by atoms with Crippen LogP contribution in [0.3, 0.4) is 0 Å². The Morgan fingerprint density at radius 2 is 1.48 bits per heavy atom. The molecule has 0 radical (unpaired) electrons. The molecule has 0 atom stereocenters. The lowest BCUT2D eigenvalue weighted by Gasteiger charge is -2.11. The lowest BCUT2D eigenvalue weighted by atomic mass is 10.0. The number of aryl methyl sites for hydroxylation is 1. The van der Waals surface area contributed by atoms with E-state index in [0.29, 0.717) is 24.5 Å². The van der Waals surface area contributed by atoms with Crippen LogP contribution in [-0.2, 0) is 0 Å². The predicted octanol–water partition coefficient (Wildman–Crippen LogP) is 4.63. The molecule has 0 saturated carbocycles. The number of halogens is 3. The zero-order chi connectivity index (χ0) is 15.9. The third kappa shape index (κ3) is 2.95. The summed E-state index contributed by atoms with van der Waals surface area (Å²) in [5.41, 5.74) is 1.05.